The highest BCUT2D eigenvalue weighted by Gasteiger charge is 2.25. The first kappa shape index (κ1) is 15.5. The maximum atomic E-state index is 12.3. The van der Waals surface area contributed by atoms with Crippen molar-refractivity contribution >= 4 is 11.6 Å². The number of likely N-dealkylation sites (N-methyl/N-ethyl adjacent to an activating group) is 1. The molecule has 4 nitrogen and oxygen atoms in total. The van der Waals surface area contributed by atoms with Gasteiger partial charge in [-0.3, -0.25) is 9.78 Å². The molecule has 1 fully saturated rings. The maximum absolute atomic E-state index is 12.3. The molecule has 1 aromatic heterocycles. The molecule has 120 valence electrons. The topological polar surface area (TPSA) is 36.4 Å². The number of nitrogens with zero attached hydrogens (tertiary/aromatic N) is 3. The Morgan fingerprint density at radius 1 is 1.26 bits per heavy atom. The molecule has 3 rings (SSSR count). The summed E-state index contributed by atoms with van der Waals surface area (Å²) in [6, 6.07) is 14.3. The molecular formula is C19H23N3O. The van der Waals surface area contributed by atoms with E-state index in [1.807, 2.05) is 30.1 Å². The number of aromatic nitrogens is 1. The smallest absolute Gasteiger partial charge is 0.226 e. The van der Waals surface area contributed by atoms with Gasteiger partial charge in [0.1, 0.15) is 0 Å². The summed E-state index contributed by atoms with van der Waals surface area (Å²) in [5.74, 6) is 0.703. The zero-order valence-corrected chi connectivity index (χ0v) is 13.6. The molecule has 23 heavy (non-hydrogen) atoms. The van der Waals surface area contributed by atoms with E-state index in [0.717, 1.165) is 31.6 Å². The number of benzene rings is 1. The van der Waals surface area contributed by atoms with Gasteiger partial charge < -0.3 is 9.80 Å². The molecule has 4 heteroatoms. The van der Waals surface area contributed by atoms with Gasteiger partial charge in [0.05, 0.1) is 6.42 Å². The average Bonchev–Trinajstić information content (AvgIpc) is 3.05. The first-order valence-corrected chi connectivity index (χ1v) is 8.15. The van der Waals surface area contributed by atoms with E-state index in [-0.39, 0.29) is 5.91 Å². The van der Waals surface area contributed by atoms with Crippen molar-refractivity contribution in [2.75, 3.05) is 31.6 Å². The van der Waals surface area contributed by atoms with Gasteiger partial charge in [0, 0.05) is 44.8 Å². The monoisotopic (exact) mass is 309 g/mol. The Morgan fingerprint density at radius 2 is 2.09 bits per heavy atom. The Labute approximate surface area is 137 Å². The summed E-state index contributed by atoms with van der Waals surface area (Å²) in [6.07, 6.45) is 5.06. The quantitative estimate of drug-likeness (QED) is 0.852. The number of amides is 1. The van der Waals surface area contributed by atoms with E-state index in [2.05, 4.69) is 34.1 Å². The Kier molecular flexibility index (Phi) is 4.91. The predicted molar refractivity (Wildman–Crippen MR) is 92.3 cm³/mol. The third-order valence-electron chi connectivity index (χ3n) is 4.44. The molecule has 1 atom stereocenters. The van der Waals surface area contributed by atoms with Crippen molar-refractivity contribution in [1.29, 1.82) is 0 Å². The minimum atomic E-state index is 0.163. The van der Waals surface area contributed by atoms with E-state index in [4.69, 9.17) is 0 Å². The van der Waals surface area contributed by atoms with E-state index in [0.29, 0.717) is 12.3 Å². The van der Waals surface area contributed by atoms with Crippen LogP contribution in [0.3, 0.4) is 0 Å². The molecule has 1 aliphatic heterocycles. The molecule has 2 aromatic rings. The zero-order valence-electron chi connectivity index (χ0n) is 13.6. The molecule has 1 aliphatic rings. The van der Waals surface area contributed by atoms with Crippen LogP contribution in [0.15, 0.2) is 54.9 Å². The minimum absolute atomic E-state index is 0.163. The highest BCUT2D eigenvalue weighted by Crippen LogP contribution is 2.24. The van der Waals surface area contributed by atoms with Gasteiger partial charge in [0.2, 0.25) is 5.91 Å². The number of para-hydroxylation sites is 1. The lowest BCUT2D eigenvalue weighted by Crippen LogP contribution is -2.34. The summed E-state index contributed by atoms with van der Waals surface area (Å²) in [7, 11) is 1.91. The third kappa shape index (κ3) is 4.09. The second-order valence-corrected chi connectivity index (χ2v) is 6.25. The van der Waals surface area contributed by atoms with Crippen LogP contribution in [-0.4, -0.2) is 42.5 Å². The highest BCUT2D eigenvalue weighted by atomic mass is 16.2. The molecule has 0 radical (unpaired) electrons. The average molecular weight is 309 g/mol. The van der Waals surface area contributed by atoms with Crippen LogP contribution in [-0.2, 0) is 11.2 Å². The van der Waals surface area contributed by atoms with Crippen LogP contribution in [0.2, 0.25) is 0 Å². The third-order valence-corrected chi connectivity index (χ3v) is 4.44. The van der Waals surface area contributed by atoms with Gasteiger partial charge in [-0.05, 0) is 36.1 Å². The van der Waals surface area contributed by atoms with E-state index in [9.17, 15) is 4.79 Å². The van der Waals surface area contributed by atoms with Crippen LogP contribution < -0.4 is 4.90 Å². The van der Waals surface area contributed by atoms with Gasteiger partial charge in [-0.1, -0.05) is 24.3 Å². The largest absolute Gasteiger partial charge is 0.371 e. The molecule has 0 N–H and O–H groups in total. The number of pyridine rings is 1. The molecule has 0 bridgehead atoms. The second-order valence-electron chi connectivity index (χ2n) is 6.25. The summed E-state index contributed by atoms with van der Waals surface area (Å²) < 4.78 is 0. The van der Waals surface area contributed by atoms with E-state index >= 15 is 0 Å². The van der Waals surface area contributed by atoms with Gasteiger partial charge in [0.15, 0.2) is 0 Å². The van der Waals surface area contributed by atoms with Crippen molar-refractivity contribution in [2.24, 2.45) is 5.92 Å². The van der Waals surface area contributed by atoms with E-state index < -0.39 is 0 Å². The fourth-order valence-corrected chi connectivity index (χ4v) is 3.16. The van der Waals surface area contributed by atoms with Crippen molar-refractivity contribution < 1.29 is 4.79 Å². The van der Waals surface area contributed by atoms with Crippen molar-refractivity contribution in [3.05, 3.63) is 60.4 Å². The van der Waals surface area contributed by atoms with E-state index in [1.54, 1.807) is 12.4 Å². The van der Waals surface area contributed by atoms with Gasteiger partial charge in [0.25, 0.3) is 0 Å². The van der Waals surface area contributed by atoms with Crippen molar-refractivity contribution in [3.8, 4) is 0 Å². The lowest BCUT2D eigenvalue weighted by atomic mass is 10.1. The Bertz CT molecular complexity index is 630. The fourth-order valence-electron chi connectivity index (χ4n) is 3.16. The normalized spacial score (nSPS) is 17.3. The highest BCUT2D eigenvalue weighted by molar-refractivity contribution is 5.78. The molecule has 2 heterocycles. The first-order chi connectivity index (χ1) is 11.2. The lowest BCUT2D eigenvalue weighted by molar-refractivity contribution is -0.129. The van der Waals surface area contributed by atoms with Gasteiger partial charge >= 0.3 is 0 Å². The van der Waals surface area contributed by atoms with Crippen LogP contribution in [0.1, 0.15) is 12.0 Å². The van der Waals surface area contributed by atoms with Gasteiger partial charge in [-0.2, -0.15) is 0 Å². The molecule has 1 saturated heterocycles. The van der Waals surface area contributed by atoms with Crippen LogP contribution >= 0.6 is 0 Å². The summed E-state index contributed by atoms with van der Waals surface area (Å²) in [4.78, 5) is 20.7. The Balaban J connectivity index is 1.51. The lowest BCUT2D eigenvalue weighted by Gasteiger charge is -2.22. The number of carbonyl (C=O) groups is 1. The van der Waals surface area contributed by atoms with E-state index in [1.165, 1.54) is 5.69 Å². The Morgan fingerprint density at radius 3 is 2.83 bits per heavy atom. The number of carbonyl (C=O) groups excluding carboxylic acids is 1. The van der Waals surface area contributed by atoms with Crippen LogP contribution in [0.4, 0.5) is 5.69 Å². The Hall–Kier alpha value is -2.36. The summed E-state index contributed by atoms with van der Waals surface area (Å²) in [5.41, 5.74) is 2.25. The summed E-state index contributed by atoms with van der Waals surface area (Å²) >= 11 is 0. The molecule has 0 aliphatic carbocycles. The molecular weight excluding hydrogens is 286 g/mol. The minimum Gasteiger partial charge on any atom is -0.371 e. The van der Waals surface area contributed by atoms with Crippen LogP contribution in [0.25, 0.3) is 0 Å². The zero-order chi connectivity index (χ0) is 16.1. The molecule has 0 unspecified atom stereocenters. The maximum Gasteiger partial charge on any atom is 0.226 e. The first-order valence-electron chi connectivity index (χ1n) is 8.15. The number of anilines is 1. The molecule has 0 spiro atoms. The molecule has 1 aromatic carbocycles. The van der Waals surface area contributed by atoms with Crippen molar-refractivity contribution in [2.45, 2.75) is 12.8 Å². The number of rotatable bonds is 5. The second kappa shape index (κ2) is 7.27. The summed E-state index contributed by atoms with van der Waals surface area (Å²) in [6.45, 7) is 2.91. The summed E-state index contributed by atoms with van der Waals surface area (Å²) in [5, 5.41) is 0. The number of hydrogen-bond acceptors (Lipinski definition) is 3. The SMILES string of the molecule is CN(C[C@H]1CCN(c2ccccc2)C1)C(=O)Cc1cccnc1. The van der Waals surface area contributed by atoms with Crippen molar-refractivity contribution in [3.63, 3.8) is 0 Å². The van der Waals surface area contributed by atoms with Gasteiger partial charge in [-0.15, -0.1) is 0 Å². The standard InChI is InChI=1S/C19H23N3O/c1-21(19(23)12-16-6-5-10-20-13-16)14-17-9-11-22(15-17)18-7-3-2-4-8-18/h2-8,10,13,17H,9,11-12,14-15H2,1H3/t17-/m1/s1. The predicted octanol–water partition coefficient (Wildman–Crippen LogP) is 2.61. The van der Waals surface area contributed by atoms with Crippen LogP contribution in [0.5, 0.6) is 0 Å². The van der Waals surface area contributed by atoms with Gasteiger partial charge in [-0.25, -0.2) is 0 Å². The van der Waals surface area contributed by atoms with Crippen molar-refractivity contribution in [1.82, 2.24) is 9.88 Å². The molecule has 0 saturated carbocycles. The molecule has 1 amide bonds. The van der Waals surface area contributed by atoms with Crippen LogP contribution in [0, 0.1) is 5.92 Å². The fraction of sp³-hybridized carbons (Fsp3) is 0.368. The number of hydrogen-bond donors (Lipinski definition) is 0.